The van der Waals surface area contributed by atoms with Gasteiger partial charge in [-0.3, -0.25) is 9.59 Å². The summed E-state index contributed by atoms with van der Waals surface area (Å²) >= 11 is 0. The number of rotatable bonds is 8. The third-order valence-electron chi connectivity index (χ3n) is 4.46. The number of carbonyl (C=O) groups is 2. The number of ether oxygens (including phenoxy) is 1. The molecule has 152 valence electrons. The maximum absolute atomic E-state index is 13.0. The van der Waals surface area contributed by atoms with Crippen molar-refractivity contribution in [3.05, 3.63) is 29.8 Å². The van der Waals surface area contributed by atoms with Crippen LogP contribution in [0.1, 0.15) is 49.9 Å². The third-order valence-corrected chi connectivity index (χ3v) is 4.46. The first-order chi connectivity index (χ1) is 12.5. The number of hydrogen-bond donors (Lipinski definition) is 2. The molecule has 0 bridgehead atoms. The predicted octanol–water partition coefficient (Wildman–Crippen LogP) is 2.60. The van der Waals surface area contributed by atoms with Crippen molar-refractivity contribution in [1.82, 2.24) is 10.2 Å². The molecule has 1 atom stereocenters. The molecule has 1 heterocycles. The molecule has 0 spiro atoms. The maximum Gasteiger partial charge on any atom is 0.254 e. The van der Waals surface area contributed by atoms with E-state index in [1.807, 2.05) is 29.2 Å². The van der Waals surface area contributed by atoms with Crippen LogP contribution in [0.25, 0.3) is 0 Å². The molecule has 6 nitrogen and oxygen atoms in total. The Morgan fingerprint density at radius 3 is 2.81 bits per heavy atom. The van der Waals surface area contributed by atoms with Gasteiger partial charge in [0.1, 0.15) is 5.75 Å². The molecule has 27 heavy (non-hydrogen) atoms. The van der Waals surface area contributed by atoms with Crippen molar-refractivity contribution >= 4 is 24.2 Å². The Morgan fingerprint density at radius 2 is 2.11 bits per heavy atom. The van der Waals surface area contributed by atoms with Crippen molar-refractivity contribution in [2.45, 2.75) is 45.6 Å². The summed E-state index contributed by atoms with van der Waals surface area (Å²) in [6, 6.07) is 7.38. The number of benzene rings is 1. The molecular formula is C20H32ClN3O3. The topological polar surface area (TPSA) is 84.7 Å². The summed E-state index contributed by atoms with van der Waals surface area (Å²) in [6.45, 7) is 6.33. The smallest absolute Gasteiger partial charge is 0.254 e. The lowest BCUT2D eigenvalue weighted by Crippen LogP contribution is -2.49. The minimum Gasteiger partial charge on any atom is -0.493 e. The number of nitrogens with one attached hydrogen (secondary N) is 1. The van der Waals surface area contributed by atoms with Gasteiger partial charge in [-0.15, -0.1) is 12.4 Å². The SMILES string of the molecule is CC(C)COc1cccc(C(=O)N2CCCCC2CNC(=O)CCN)c1.Cl. The van der Waals surface area contributed by atoms with E-state index < -0.39 is 0 Å². The van der Waals surface area contributed by atoms with Gasteiger partial charge >= 0.3 is 0 Å². The number of carbonyl (C=O) groups excluding carboxylic acids is 2. The second-order valence-electron chi connectivity index (χ2n) is 7.22. The zero-order valence-electron chi connectivity index (χ0n) is 16.3. The van der Waals surface area contributed by atoms with Crippen molar-refractivity contribution in [2.24, 2.45) is 11.7 Å². The van der Waals surface area contributed by atoms with E-state index in [4.69, 9.17) is 10.5 Å². The Hall–Kier alpha value is -1.79. The highest BCUT2D eigenvalue weighted by atomic mass is 35.5. The van der Waals surface area contributed by atoms with Crippen molar-refractivity contribution in [2.75, 3.05) is 26.2 Å². The molecule has 3 N–H and O–H groups in total. The Labute approximate surface area is 168 Å². The molecule has 0 radical (unpaired) electrons. The van der Waals surface area contributed by atoms with Crippen LogP contribution in [0.2, 0.25) is 0 Å². The highest BCUT2D eigenvalue weighted by molar-refractivity contribution is 5.95. The van der Waals surface area contributed by atoms with E-state index in [9.17, 15) is 9.59 Å². The molecule has 0 saturated carbocycles. The summed E-state index contributed by atoms with van der Waals surface area (Å²) in [5.74, 6) is 1.08. The monoisotopic (exact) mass is 397 g/mol. The number of nitrogens with zero attached hydrogens (tertiary/aromatic N) is 1. The van der Waals surface area contributed by atoms with Crippen LogP contribution in [0.5, 0.6) is 5.75 Å². The van der Waals surface area contributed by atoms with Crippen molar-refractivity contribution in [3.8, 4) is 5.75 Å². The standard InChI is InChI=1S/C20H31N3O3.ClH/c1-15(2)14-26-18-8-5-6-16(12-18)20(25)23-11-4-3-7-17(23)13-22-19(24)9-10-21;/h5-6,8,12,15,17H,3-4,7,9-11,13-14,21H2,1-2H3,(H,22,24);1H. The summed E-state index contributed by atoms with van der Waals surface area (Å²) in [5, 5.41) is 2.90. The van der Waals surface area contributed by atoms with Gasteiger partial charge in [0.2, 0.25) is 5.91 Å². The highest BCUT2D eigenvalue weighted by Gasteiger charge is 2.27. The molecule has 1 aliphatic rings. The molecule has 7 heteroatoms. The number of halogens is 1. The summed E-state index contributed by atoms with van der Waals surface area (Å²) in [7, 11) is 0. The quantitative estimate of drug-likeness (QED) is 0.706. The normalized spacial score (nSPS) is 16.6. The van der Waals surface area contributed by atoms with Crippen molar-refractivity contribution in [1.29, 1.82) is 0 Å². The van der Waals surface area contributed by atoms with Crippen LogP contribution < -0.4 is 15.8 Å². The molecule has 2 rings (SSSR count). The van der Waals surface area contributed by atoms with Gasteiger partial charge in [-0.2, -0.15) is 0 Å². The molecule has 0 aromatic heterocycles. The van der Waals surface area contributed by atoms with E-state index in [0.29, 0.717) is 49.9 Å². The summed E-state index contributed by atoms with van der Waals surface area (Å²) in [6.07, 6.45) is 3.27. The number of nitrogens with two attached hydrogens (primary N) is 1. The lowest BCUT2D eigenvalue weighted by molar-refractivity contribution is -0.121. The van der Waals surface area contributed by atoms with Crippen LogP contribution >= 0.6 is 12.4 Å². The van der Waals surface area contributed by atoms with E-state index in [2.05, 4.69) is 19.2 Å². The van der Waals surface area contributed by atoms with E-state index in [1.54, 1.807) is 0 Å². The maximum atomic E-state index is 13.0. The van der Waals surface area contributed by atoms with Crippen LogP contribution in [0, 0.1) is 5.92 Å². The fraction of sp³-hybridized carbons (Fsp3) is 0.600. The molecule has 1 unspecified atom stereocenters. The molecule has 1 aromatic carbocycles. The Morgan fingerprint density at radius 1 is 1.33 bits per heavy atom. The van der Waals surface area contributed by atoms with Crippen LogP contribution in [-0.2, 0) is 4.79 Å². The molecule has 1 saturated heterocycles. The zero-order chi connectivity index (χ0) is 18.9. The van der Waals surface area contributed by atoms with Gasteiger partial charge in [-0.05, 0) is 43.4 Å². The Bertz CT molecular complexity index is 610. The first kappa shape index (κ1) is 23.2. The molecular weight excluding hydrogens is 366 g/mol. The number of hydrogen-bond acceptors (Lipinski definition) is 4. The van der Waals surface area contributed by atoms with Gasteiger partial charge < -0.3 is 20.7 Å². The van der Waals surface area contributed by atoms with E-state index in [1.165, 1.54) is 0 Å². The first-order valence-electron chi connectivity index (χ1n) is 9.52. The van der Waals surface area contributed by atoms with E-state index in [-0.39, 0.29) is 30.3 Å². The van der Waals surface area contributed by atoms with Gasteiger partial charge in [-0.25, -0.2) is 0 Å². The van der Waals surface area contributed by atoms with Gasteiger partial charge in [0.05, 0.1) is 6.61 Å². The molecule has 1 aromatic rings. The van der Waals surface area contributed by atoms with Crippen LogP contribution in [0.4, 0.5) is 0 Å². The van der Waals surface area contributed by atoms with Crippen molar-refractivity contribution < 1.29 is 14.3 Å². The molecule has 1 fully saturated rings. The van der Waals surface area contributed by atoms with Crippen LogP contribution in [0.3, 0.4) is 0 Å². The fourth-order valence-electron chi connectivity index (χ4n) is 3.08. The summed E-state index contributed by atoms with van der Waals surface area (Å²) < 4.78 is 5.74. The first-order valence-corrected chi connectivity index (χ1v) is 9.52. The largest absolute Gasteiger partial charge is 0.493 e. The highest BCUT2D eigenvalue weighted by Crippen LogP contribution is 2.22. The number of amides is 2. The van der Waals surface area contributed by atoms with Crippen molar-refractivity contribution in [3.63, 3.8) is 0 Å². The van der Waals surface area contributed by atoms with E-state index in [0.717, 1.165) is 19.3 Å². The van der Waals surface area contributed by atoms with Crippen LogP contribution in [-0.4, -0.2) is 49.0 Å². The van der Waals surface area contributed by atoms with Gasteiger partial charge in [0, 0.05) is 37.7 Å². The molecule has 1 aliphatic heterocycles. The lowest BCUT2D eigenvalue weighted by Gasteiger charge is -2.36. The Kier molecular flexibility index (Phi) is 10.2. The third kappa shape index (κ3) is 7.39. The average molecular weight is 398 g/mol. The van der Waals surface area contributed by atoms with Crippen LogP contribution in [0.15, 0.2) is 24.3 Å². The minimum atomic E-state index is -0.0606. The van der Waals surface area contributed by atoms with E-state index >= 15 is 0 Å². The fourth-order valence-corrected chi connectivity index (χ4v) is 3.08. The second kappa shape index (κ2) is 11.8. The van der Waals surface area contributed by atoms with Gasteiger partial charge in [0.15, 0.2) is 0 Å². The summed E-state index contributed by atoms with van der Waals surface area (Å²) in [4.78, 5) is 26.6. The molecule has 2 amide bonds. The average Bonchev–Trinajstić information content (AvgIpc) is 2.65. The second-order valence-corrected chi connectivity index (χ2v) is 7.22. The number of likely N-dealkylation sites (tertiary alicyclic amines) is 1. The zero-order valence-corrected chi connectivity index (χ0v) is 17.1. The van der Waals surface area contributed by atoms with Gasteiger partial charge in [0.25, 0.3) is 5.91 Å². The predicted molar refractivity (Wildman–Crippen MR) is 109 cm³/mol. The lowest BCUT2D eigenvalue weighted by atomic mass is 10.0. The Balaban J connectivity index is 0.00000364. The summed E-state index contributed by atoms with van der Waals surface area (Å²) in [5.41, 5.74) is 6.04. The minimum absolute atomic E-state index is 0. The van der Waals surface area contributed by atoms with Gasteiger partial charge in [-0.1, -0.05) is 19.9 Å². The molecule has 0 aliphatic carbocycles. The number of piperidine rings is 1.